The first-order chi connectivity index (χ1) is 10.1. The molecule has 0 aliphatic carbocycles. The fourth-order valence-electron chi connectivity index (χ4n) is 2.26. The third kappa shape index (κ3) is 3.08. The maximum Gasteiger partial charge on any atom is 0.115 e. The number of anilines is 2. The Morgan fingerprint density at radius 3 is 2.76 bits per heavy atom. The zero-order chi connectivity index (χ0) is 14.8. The monoisotopic (exact) mass is 299 g/mol. The maximum absolute atomic E-state index is 9.26. The average molecular weight is 299 g/mol. The number of thiazole rings is 1. The maximum atomic E-state index is 9.26. The SMILES string of the molecule is Cc1nc2cc(NCCc3ccc(O)cc3)c(N)cc2s1. The first-order valence-electron chi connectivity index (χ1n) is 6.80. The molecule has 0 radical (unpaired) electrons. The van der Waals surface area contributed by atoms with E-state index in [1.165, 1.54) is 5.56 Å². The molecule has 3 aromatic rings. The highest BCUT2D eigenvalue weighted by atomic mass is 32.1. The molecule has 0 aliphatic heterocycles. The van der Waals surface area contributed by atoms with Gasteiger partial charge in [-0.25, -0.2) is 4.98 Å². The van der Waals surface area contributed by atoms with Crippen molar-refractivity contribution in [2.45, 2.75) is 13.3 Å². The van der Waals surface area contributed by atoms with Gasteiger partial charge < -0.3 is 16.2 Å². The number of hydrogen-bond donors (Lipinski definition) is 3. The molecule has 0 amide bonds. The van der Waals surface area contributed by atoms with E-state index in [2.05, 4.69) is 10.3 Å². The number of fused-ring (bicyclic) bond motifs is 1. The Kier molecular flexibility index (Phi) is 3.66. The predicted octanol–water partition coefficient (Wildman–Crippen LogP) is 3.55. The molecule has 4 N–H and O–H groups in total. The van der Waals surface area contributed by atoms with Crippen molar-refractivity contribution in [3.63, 3.8) is 0 Å². The van der Waals surface area contributed by atoms with Crippen molar-refractivity contribution in [2.24, 2.45) is 0 Å². The number of rotatable bonds is 4. The summed E-state index contributed by atoms with van der Waals surface area (Å²) in [4.78, 5) is 4.49. The van der Waals surface area contributed by atoms with Crippen LogP contribution in [0, 0.1) is 6.92 Å². The lowest BCUT2D eigenvalue weighted by atomic mass is 10.1. The second-order valence-electron chi connectivity index (χ2n) is 4.98. The number of nitrogen functional groups attached to an aromatic ring is 1. The average Bonchev–Trinajstić information content (AvgIpc) is 2.80. The van der Waals surface area contributed by atoms with Crippen LogP contribution in [-0.2, 0) is 6.42 Å². The number of aromatic hydroxyl groups is 1. The van der Waals surface area contributed by atoms with E-state index >= 15 is 0 Å². The van der Waals surface area contributed by atoms with Gasteiger partial charge >= 0.3 is 0 Å². The van der Waals surface area contributed by atoms with Crippen LogP contribution >= 0.6 is 11.3 Å². The van der Waals surface area contributed by atoms with Gasteiger partial charge in [0.15, 0.2) is 0 Å². The Morgan fingerprint density at radius 1 is 1.24 bits per heavy atom. The van der Waals surface area contributed by atoms with Gasteiger partial charge in [-0.3, -0.25) is 0 Å². The Labute approximate surface area is 127 Å². The molecule has 21 heavy (non-hydrogen) atoms. The van der Waals surface area contributed by atoms with Crippen molar-refractivity contribution in [2.75, 3.05) is 17.6 Å². The molecular formula is C16H17N3OS. The van der Waals surface area contributed by atoms with E-state index in [0.29, 0.717) is 5.75 Å². The number of nitrogens with two attached hydrogens (primary N) is 1. The molecule has 0 fully saturated rings. The highest BCUT2D eigenvalue weighted by Crippen LogP contribution is 2.29. The lowest BCUT2D eigenvalue weighted by Gasteiger charge is -2.09. The summed E-state index contributed by atoms with van der Waals surface area (Å²) in [5.74, 6) is 0.292. The summed E-state index contributed by atoms with van der Waals surface area (Å²) in [6, 6.07) is 11.2. The van der Waals surface area contributed by atoms with Gasteiger partial charge in [-0.1, -0.05) is 12.1 Å². The molecule has 5 heteroatoms. The molecule has 0 saturated carbocycles. The molecule has 2 aromatic carbocycles. The number of aryl methyl sites for hydroxylation is 1. The van der Waals surface area contributed by atoms with Crippen LogP contribution in [0.5, 0.6) is 5.75 Å². The molecule has 0 atom stereocenters. The molecule has 0 saturated heterocycles. The molecule has 1 aromatic heterocycles. The zero-order valence-corrected chi connectivity index (χ0v) is 12.6. The van der Waals surface area contributed by atoms with Gasteiger partial charge in [0, 0.05) is 6.54 Å². The normalized spacial score (nSPS) is 10.9. The predicted molar refractivity (Wildman–Crippen MR) is 89.1 cm³/mol. The van der Waals surface area contributed by atoms with E-state index in [9.17, 15) is 5.11 Å². The summed E-state index contributed by atoms with van der Waals surface area (Å²) >= 11 is 1.65. The zero-order valence-electron chi connectivity index (χ0n) is 11.8. The highest BCUT2D eigenvalue weighted by molar-refractivity contribution is 7.18. The number of phenols is 1. The van der Waals surface area contributed by atoms with Crippen LogP contribution in [0.3, 0.4) is 0 Å². The lowest BCUT2D eigenvalue weighted by molar-refractivity contribution is 0.475. The Hall–Kier alpha value is -2.27. The van der Waals surface area contributed by atoms with Crippen LogP contribution in [0.4, 0.5) is 11.4 Å². The van der Waals surface area contributed by atoms with Crippen LogP contribution < -0.4 is 11.1 Å². The standard InChI is InChI=1S/C16H17N3OS/c1-10-19-15-9-14(13(17)8-16(15)21-10)18-7-6-11-2-4-12(20)5-3-11/h2-5,8-9,18,20H,6-7,17H2,1H3. The van der Waals surface area contributed by atoms with Gasteiger partial charge in [-0.05, 0) is 43.2 Å². The molecule has 4 nitrogen and oxygen atoms in total. The van der Waals surface area contributed by atoms with Crippen LogP contribution in [0.1, 0.15) is 10.6 Å². The Balaban J connectivity index is 1.69. The summed E-state index contributed by atoms with van der Waals surface area (Å²) in [6.45, 7) is 2.78. The Bertz CT molecular complexity index is 765. The first-order valence-corrected chi connectivity index (χ1v) is 7.62. The topological polar surface area (TPSA) is 71.2 Å². The van der Waals surface area contributed by atoms with Crippen LogP contribution in [0.15, 0.2) is 36.4 Å². The summed E-state index contributed by atoms with van der Waals surface area (Å²) in [6.07, 6.45) is 0.869. The number of phenolic OH excluding ortho intramolecular Hbond substituents is 1. The Morgan fingerprint density at radius 2 is 2.00 bits per heavy atom. The summed E-state index contributed by atoms with van der Waals surface area (Å²) in [5, 5.41) is 13.7. The molecule has 3 rings (SSSR count). The molecular weight excluding hydrogens is 282 g/mol. The van der Waals surface area contributed by atoms with Crippen LogP contribution in [0.25, 0.3) is 10.2 Å². The van der Waals surface area contributed by atoms with Gasteiger partial charge in [-0.15, -0.1) is 11.3 Å². The van der Waals surface area contributed by atoms with Crippen molar-refractivity contribution >= 4 is 32.9 Å². The van der Waals surface area contributed by atoms with Crippen molar-refractivity contribution in [3.05, 3.63) is 47.0 Å². The summed E-state index contributed by atoms with van der Waals surface area (Å²) in [5.41, 5.74) is 9.90. The minimum atomic E-state index is 0.292. The molecule has 0 unspecified atom stereocenters. The van der Waals surface area contributed by atoms with Gasteiger partial charge in [-0.2, -0.15) is 0 Å². The first kappa shape index (κ1) is 13.7. The molecule has 108 valence electrons. The fourth-order valence-corrected chi connectivity index (χ4v) is 3.12. The number of hydrogen-bond acceptors (Lipinski definition) is 5. The van der Waals surface area contributed by atoms with Gasteiger partial charge in [0.25, 0.3) is 0 Å². The third-order valence-electron chi connectivity index (χ3n) is 3.33. The van der Waals surface area contributed by atoms with Crippen molar-refractivity contribution in [3.8, 4) is 5.75 Å². The van der Waals surface area contributed by atoms with Crippen molar-refractivity contribution in [1.82, 2.24) is 4.98 Å². The van der Waals surface area contributed by atoms with Crippen molar-refractivity contribution in [1.29, 1.82) is 0 Å². The fraction of sp³-hybridized carbons (Fsp3) is 0.188. The molecule has 0 bridgehead atoms. The van der Waals surface area contributed by atoms with E-state index in [1.54, 1.807) is 23.5 Å². The second kappa shape index (κ2) is 5.61. The second-order valence-corrected chi connectivity index (χ2v) is 6.22. The highest BCUT2D eigenvalue weighted by Gasteiger charge is 2.06. The van der Waals surface area contributed by atoms with Gasteiger partial charge in [0.05, 0.1) is 26.6 Å². The lowest BCUT2D eigenvalue weighted by Crippen LogP contribution is -2.06. The minimum Gasteiger partial charge on any atom is -0.508 e. The summed E-state index contributed by atoms with van der Waals surface area (Å²) < 4.78 is 1.12. The minimum absolute atomic E-state index is 0.292. The van der Waals surface area contributed by atoms with Crippen LogP contribution in [0.2, 0.25) is 0 Å². The molecule has 0 aliphatic rings. The van der Waals surface area contributed by atoms with E-state index in [-0.39, 0.29) is 0 Å². The van der Waals surface area contributed by atoms with Crippen molar-refractivity contribution < 1.29 is 5.11 Å². The van der Waals surface area contributed by atoms with Gasteiger partial charge in [0.1, 0.15) is 5.75 Å². The van der Waals surface area contributed by atoms with E-state index in [1.807, 2.05) is 31.2 Å². The largest absolute Gasteiger partial charge is 0.508 e. The quantitative estimate of drug-likeness (QED) is 0.644. The number of nitrogens with zero attached hydrogens (tertiary/aromatic N) is 1. The van der Waals surface area contributed by atoms with E-state index in [4.69, 9.17) is 5.73 Å². The van der Waals surface area contributed by atoms with Crippen LogP contribution in [-0.4, -0.2) is 16.6 Å². The number of nitrogens with one attached hydrogen (secondary N) is 1. The number of benzene rings is 2. The molecule has 0 spiro atoms. The smallest absolute Gasteiger partial charge is 0.115 e. The number of aromatic nitrogens is 1. The third-order valence-corrected chi connectivity index (χ3v) is 4.27. The molecule has 1 heterocycles. The van der Waals surface area contributed by atoms with Gasteiger partial charge in [0.2, 0.25) is 0 Å². The van der Waals surface area contributed by atoms with E-state index < -0.39 is 0 Å². The van der Waals surface area contributed by atoms with E-state index in [0.717, 1.165) is 39.6 Å². The summed E-state index contributed by atoms with van der Waals surface area (Å²) in [7, 11) is 0.